The number of nitrogens with zero attached hydrogens (tertiary/aromatic N) is 5. The van der Waals surface area contributed by atoms with E-state index in [1.807, 2.05) is 49.8 Å². The number of piperidine rings is 1. The van der Waals surface area contributed by atoms with Gasteiger partial charge in [0.25, 0.3) is 5.91 Å². The topological polar surface area (TPSA) is 119 Å². The molecule has 3 aromatic rings. The summed E-state index contributed by atoms with van der Waals surface area (Å²) in [5.41, 5.74) is 8.77. The van der Waals surface area contributed by atoms with E-state index in [4.69, 9.17) is 10.5 Å². The van der Waals surface area contributed by atoms with Gasteiger partial charge in [0, 0.05) is 61.4 Å². The van der Waals surface area contributed by atoms with E-state index in [-0.39, 0.29) is 29.9 Å². The monoisotopic (exact) mass is 531 g/mol. The van der Waals surface area contributed by atoms with Crippen LogP contribution in [0.15, 0.2) is 55.0 Å². The molecule has 0 radical (unpaired) electrons. The number of nitrogens with two attached hydrogens (primary N) is 1. The molecule has 2 fully saturated rings. The zero-order valence-corrected chi connectivity index (χ0v) is 22.8. The Kier molecular flexibility index (Phi) is 7.45. The number of carbonyl (C=O) groups excluding carboxylic acids is 2. The third kappa shape index (κ3) is 6.32. The molecule has 4 heterocycles. The van der Waals surface area contributed by atoms with Gasteiger partial charge in [0.15, 0.2) is 0 Å². The summed E-state index contributed by atoms with van der Waals surface area (Å²) in [7, 11) is 0. The van der Waals surface area contributed by atoms with Crippen molar-refractivity contribution in [1.29, 1.82) is 0 Å². The number of hydrogen-bond donors (Lipinski definition) is 2. The fourth-order valence-electron chi connectivity index (χ4n) is 5.16. The number of benzene rings is 1. The minimum absolute atomic E-state index is 0.0371. The van der Waals surface area contributed by atoms with Gasteiger partial charge in [0.05, 0.1) is 17.8 Å². The summed E-state index contributed by atoms with van der Waals surface area (Å²) >= 11 is 0. The summed E-state index contributed by atoms with van der Waals surface area (Å²) in [6.07, 6.45) is 7.59. The van der Waals surface area contributed by atoms with Crippen molar-refractivity contribution in [3.05, 3.63) is 60.6 Å². The summed E-state index contributed by atoms with van der Waals surface area (Å²) in [4.78, 5) is 33.9. The summed E-state index contributed by atoms with van der Waals surface area (Å²) < 4.78 is 7.44. The highest BCUT2D eigenvalue weighted by molar-refractivity contribution is 5.99. The lowest BCUT2D eigenvalue weighted by molar-refractivity contribution is 0.0184. The maximum Gasteiger partial charge on any atom is 0.410 e. The molecule has 3 N–H and O–H groups in total. The summed E-state index contributed by atoms with van der Waals surface area (Å²) in [6.45, 7) is 8.49. The van der Waals surface area contributed by atoms with E-state index < -0.39 is 5.60 Å². The second-order valence-electron chi connectivity index (χ2n) is 11.3. The second-order valence-corrected chi connectivity index (χ2v) is 11.3. The lowest BCUT2D eigenvalue weighted by Gasteiger charge is -2.33. The highest BCUT2D eigenvalue weighted by atomic mass is 16.6. The largest absolute Gasteiger partial charge is 0.444 e. The minimum atomic E-state index is -0.507. The minimum Gasteiger partial charge on any atom is -0.444 e. The van der Waals surface area contributed by atoms with Gasteiger partial charge in [-0.2, -0.15) is 5.10 Å². The van der Waals surface area contributed by atoms with Crippen LogP contribution in [0.25, 0.3) is 11.1 Å². The molecular weight excluding hydrogens is 494 g/mol. The highest BCUT2D eigenvalue weighted by Gasteiger charge is 2.28. The molecule has 0 spiro atoms. The predicted octanol–water partition coefficient (Wildman–Crippen LogP) is 4.11. The maximum absolute atomic E-state index is 13.2. The Hall–Kier alpha value is -4.08. The maximum atomic E-state index is 13.2. The van der Waals surface area contributed by atoms with Crippen LogP contribution in [0, 0.1) is 0 Å². The fraction of sp³-hybridized carbons (Fsp3) is 0.448. The van der Waals surface area contributed by atoms with Crippen LogP contribution in [-0.4, -0.2) is 69.5 Å². The number of anilines is 2. The zero-order chi connectivity index (χ0) is 27.6. The van der Waals surface area contributed by atoms with Gasteiger partial charge in [-0.05, 0) is 58.2 Å². The normalized spacial score (nSPS) is 18.3. The van der Waals surface area contributed by atoms with Crippen LogP contribution in [-0.2, 0) is 4.74 Å². The Labute approximate surface area is 229 Å². The molecule has 1 aromatic carbocycles. The van der Waals surface area contributed by atoms with Crippen LogP contribution in [0.2, 0.25) is 0 Å². The molecule has 2 aliphatic heterocycles. The van der Waals surface area contributed by atoms with Crippen molar-refractivity contribution in [1.82, 2.24) is 25.0 Å². The molecule has 0 saturated carbocycles. The van der Waals surface area contributed by atoms with E-state index in [1.54, 1.807) is 23.4 Å². The van der Waals surface area contributed by atoms with Gasteiger partial charge in [0.1, 0.15) is 11.4 Å². The van der Waals surface area contributed by atoms with Gasteiger partial charge in [0.2, 0.25) is 0 Å². The summed E-state index contributed by atoms with van der Waals surface area (Å²) in [5, 5.41) is 7.71. The molecule has 10 nitrogen and oxygen atoms in total. The van der Waals surface area contributed by atoms with Gasteiger partial charge in [-0.25, -0.2) is 9.78 Å². The van der Waals surface area contributed by atoms with Crippen molar-refractivity contribution >= 4 is 23.5 Å². The molecule has 0 bridgehead atoms. The highest BCUT2D eigenvalue weighted by Crippen LogP contribution is 2.28. The molecule has 2 saturated heterocycles. The first-order chi connectivity index (χ1) is 18.7. The third-order valence-corrected chi connectivity index (χ3v) is 7.23. The van der Waals surface area contributed by atoms with Crippen molar-refractivity contribution in [2.45, 2.75) is 57.7 Å². The number of nitrogens with one attached hydrogen (secondary N) is 1. The lowest BCUT2D eigenvalue weighted by Crippen LogP contribution is -2.42. The first-order valence-corrected chi connectivity index (χ1v) is 13.5. The zero-order valence-electron chi connectivity index (χ0n) is 22.8. The molecule has 206 valence electrons. The quantitative estimate of drug-likeness (QED) is 0.509. The SMILES string of the molecule is CC(C)(C)OC(=O)N1CCC(n2cc(-c3cnc(N)c(C(=O)NC4CCN(c5ccccc5)C4)c3)cn2)CC1. The van der Waals surface area contributed by atoms with Crippen molar-refractivity contribution in [2.24, 2.45) is 0 Å². The summed E-state index contributed by atoms with van der Waals surface area (Å²) in [5.74, 6) is -0.0141. The van der Waals surface area contributed by atoms with Crippen molar-refractivity contribution in [2.75, 3.05) is 36.8 Å². The fourth-order valence-corrected chi connectivity index (χ4v) is 5.16. The number of likely N-dealkylation sites (tertiary alicyclic amines) is 1. The Balaban J connectivity index is 1.20. The molecule has 5 rings (SSSR count). The first kappa shape index (κ1) is 26.5. The molecular formula is C29H37N7O3. The number of aromatic nitrogens is 3. The molecule has 39 heavy (non-hydrogen) atoms. The number of carbonyl (C=O) groups is 2. The van der Waals surface area contributed by atoms with Gasteiger partial charge in [-0.15, -0.1) is 0 Å². The van der Waals surface area contributed by atoms with E-state index >= 15 is 0 Å². The standard InChI is InChI=1S/C29H37N7O3/c1-29(2,3)39-28(38)34-13-10-24(11-14-34)36-18-21(17-32-36)20-15-25(26(30)31-16-20)27(37)33-22-9-12-35(19-22)23-7-5-4-6-8-23/h4-8,15-18,22,24H,9-14,19H2,1-3H3,(H2,30,31)(H,33,37). The number of para-hydroxylation sites is 1. The van der Waals surface area contributed by atoms with Gasteiger partial charge < -0.3 is 25.6 Å². The van der Waals surface area contributed by atoms with E-state index in [0.29, 0.717) is 18.7 Å². The number of rotatable bonds is 5. The molecule has 10 heteroatoms. The summed E-state index contributed by atoms with van der Waals surface area (Å²) in [6, 6.07) is 12.2. The molecule has 1 atom stereocenters. The van der Waals surface area contributed by atoms with E-state index in [2.05, 4.69) is 32.4 Å². The average Bonchev–Trinajstić information content (AvgIpc) is 3.59. The third-order valence-electron chi connectivity index (χ3n) is 7.23. The van der Waals surface area contributed by atoms with Gasteiger partial charge in [-0.1, -0.05) is 18.2 Å². The number of hydrogen-bond acceptors (Lipinski definition) is 7. The molecule has 2 amide bonds. The van der Waals surface area contributed by atoms with E-state index in [0.717, 1.165) is 49.2 Å². The van der Waals surface area contributed by atoms with E-state index in [9.17, 15) is 9.59 Å². The average molecular weight is 532 g/mol. The molecule has 2 aliphatic rings. The van der Waals surface area contributed by atoms with Crippen LogP contribution in [0.4, 0.5) is 16.3 Å². The Morgan fingerprint density at radius 3 is 2.49 bits per heavy atom. The molecule has 1 unspecified atom stereocenters. The smallest absolute Gasteiger partial charge is 0.410 e. The Morgan fingerprint density at radius 2 is 1.77 bits per heavy atom. The van der Waals surface area contributed by atoms with Crippen molar-refractivity contribution in [3.63, 3.8) is 0 Å². The molecule has 0 aliphatic carbocycles. The van der Waals surface area contributed by atoms with Crippen molar-refractivity contribution in [3.8, 4) is 11.1 Å². The lowest BCUT2D eigenvalue weighted by atomic mass is 10.1. The number of nitrogen functional groups attached to an aromatic ring is 1. The second kappa shape index (κ2) is 11.0. The predicted molar refractivity (Wildman–Crippen MR) is 150 cm³/mol. The first-order valence-electron chi connectivity index (χ1n) is 13.5. The van der Waals surface area contributed by atoms with Crippen LogP contribution in [0.3, 0.4) is 0 Å². The van der Waals surface area contributed by atoms with Crippen LogP contribution < -0.4 is 16.0 Å². The van der Waals surface area contributed by atoms with Crippen molar-refractivity contribution < 1.29 is 14.3 Å². The van der Waals surface area contributed by atoms with Crippen LogP contribution in [0.5, 0.6) is 0 Å². The number of amides is 2. The van der Waals surface area contributed by atoms with E-state index in [1.165, 1.54) is 0 Å². The number of pyridine rings is 1. The van der Waals surface area contributed by atoms with Gasteiger partial charge in [-0.3, -0.25) is 9.48 Å². The Bertz CT molecular complexity index is 1310. The van der Waals surface area contributed by atoms with Crippen LogP contribution in [0.1, 0.15) is 56.4 Å². The van der Waals surface area contributed by atoms with Crippen LogP contribution >= 0.6 is 0 Å². The van der Waals surface area contributed by atoms with Gasteiger partial charge >= 0.3 is 6.09 Å². The Morgan fingerprint density at radius 1 is 1.03 bits per heavy atom. The number of ether oxygens (including phenoxy) is 1. The molecule has 2 aromatic heterocycles.